The first-order chi connectivity index (χ1) is 12.9. The molecule has 0 unspecified atom stereocenters. The van der Waals surface area contributed by atoms with E-state index in [1.54, 1.807) is 17.0 Å². The van der Waals surface area contributed by atoms with E-state index < -0.39 is 4.92 Å². The van der Waals surface area contributed by atoms with Crippen molar-refractivity contribution in [3.05, 3.63) is 33.9 Å². The molecule has 8 heteroatoms. The SMILES string of the molecule is CN(C)C1(CNc2ccc([N+](=O)[O-])c(C(=O)N3CCCC3)c2)CCOCC1. The molecule has 0 aliphatic carbocycles. The number of rotatable bonds is 6. The second-order valence-corrected chi connectivity index (χ2v) is 7.57. The van der Waals surface area contributed by atoms with E-state index in [0.717, 1.165) is 44.6 Å². The third-order valence-electron chi connectivity index (χ3n) is 5.81. The lowest BCUT2D eigenvalue weighted by molar-refractivity contribution is -0.385. The molecule has 0 saturated carbocycles. The molecule has 0 aromatic heterocycles. The minimum Gasteiger partial charge on any atom is -0.383 e. The van der Waals surface area contributed by atoms with Gasteiger partial charge in [0.15, 0.2) is 0 Å². The number of nitro benzene ring substituents is 1. The van der Waals surface area contributed by atoms with Gasteiger partial charge in [0.1, 0.15) is 5.56 Å². The van der Waals surface area contributed by atoms with Crippen molar-refractivity contribution in [2.45, 2.75) is 31.2 Å². The second kappa shape index (κ2) is 8.22. The van der Waals surface area contributed by atoms with Crippen LogP contribution in [-0.2, 0) is 4.74 Å². The van der Waals surface area contributed by atoms with Crippen LogP contribution in [0, 0.1) is 10.1 Å². The normalized spacial score (nSPS) is 19.3. The van der Waals surface area contributed by atoms with Crippen molar-refractivity contribution in [3.8, 4) is 0 Å². The first-order valence-corrected chi connectivity index (χ1v) is 9.50. The summed E-state index contributed by atoms with van der Waals surface area (Å²) in [6.07, 6.45) is 3.73. The molecule has 1 N–H and O–H groups in total. The van der Waals surface area contributed by atoms with Crippen LogP contribution in [-0.4, -0.2) is 73.1 Å². The zero-order valence-electron chi connectivity index (χ0n) is 16.1. The predicted octanol–water partition coefficient (Wildman–Crippen LogP) is 2.35. The molecule has 0 atom stereocenters. The number of amides is 1. The Labute approximate surface area is 159 Å². The quantitative estimate of drug-likeness (QED) is 0.606. The van der Waals surface area contributed by atoms with Crippen molar-refractivity contribution in [1.29, 1.82) is 0 Å². The number of nitro groups is 1. The number of nitrogens with zero attached hydrogens (tertiary/aromatic N) is 3. The number of carbonyl (C=O) groups excluding carboxylic acids is 1. The highest BCUT2D eigenvalue weighted by Crippen LogP contribution is 2.29. The zero-order valence-corrected chi connectivity index (χ0v) is 16.1. The summed E-state index contributed by atoms with van der Waals surface area (Å²) in [6, 6.07) is 4.74. The fourth-order valence-corrected chi connectivity index (χ4v) is 3.87. The lowest BCUT2D eigenvalue weighted by Gasteiger charge is -2.43. The highest BCUT2D eigenvalue weighted by atomic mass is 16.6. The van der Waals surface area contributed by atoms with Crippen LogP contribution in [0.3, 0.4) is 0 Å². The van der Waals surface area contributed by atoms with E-state index in [9.17, 15) is 14.9 Å². The van der Waals surface area contributed by atoms with Gasteiger partial charge in [0.25, 0.3) is 11.6 Å². The molecule has 2 heterocycles. The molecule has 148 valence electrons. The topological polar surface area (TPSA) is 87.9 Å². The molecular weight excluding hydrogens is 348 g/mol. The van der Waals surface area contributed by atoms with Crippen molar-refractivity contribution in [1.82, 2.24) is 9.80 Å². The fraction of sp³-hybridized carbons (Fsp3) is 0.632. The van der Waals surface area contributed by atoms with Crippen LogP contribution >= 0.6 is 0 Å². The van der Waals surface area contributed by atoms with Gasteiger partial charge in [-0.15, -0.1) is 0 Å². The van der Waals surface area contributed by atoms with Gasteiger partial charge in [-0.2, -0.15) is 0 Å². The molecule has 2 saturated heterocycles. The van der Waals surface area contributed by atoms with Crippen LogP contribution in [0.25, 0.3) is 0 Å². The maximum Gasteiger partial charge on any atom is 0.282 e. The summed E-state index contributed by atoms with van der Waals surface area (Å²) in [6.45, 7) is 3.46. The molecule has 2 aliphatic heterocycles. The van der Waals surface area contributed by atoms with Gasteiger partial charge in [-0.3, -0.25) is 14.9 Å². The van der Waals surface area contributed by atoms with Crippen molar-refractivity contribution in [3.63, 3.8) is 0 Å². The van der Waals surface area contributed by atoms with Gasteiger partial charge in [0, 0.05) is 50.1 Å². The van der Waals surface area contributed by atoms with Gasteiger partial charge < -0.3 is 19.9 Å². The summed E-state index contributed by atoms with van der Waals surface area (Å²) in [5, 5.41) is 14.8. The lowest BCUT2D eigenvalue weighted by Crippen LogP contribution is -2.53. The predicted molar refractivity (Wildman–Crippen MR) is 103 cm³/mol. The van der Waals surface area contributed by atoms with E-state index in [1.807, 2.05) is 0 Å². The Morgan fingerprint density at radius 1 is 1.30 bits per heavy atom. The Morgan fingerprint density at radius 2 is 1.96 bits per heavy atom. The number of ether oxygens (including phenoxy) is 1. The molecule has 27 heavy (non-hydrogen) atoms. The average Bonchev–Trinajstić information content (AvgIpc) is 3.21. The number of benzene rings is 1. The molecule has 0 radical (unpaired) electrons. The van der Waals surface area contributed by atoms with Gasteiger partial charge in [-0.05, 0) is 51.9 Å². The monoisotopic (exact) mass is 376 g/mol. The Hall–Kier alpha value is -2.19. The molecule has 3 rings (SSSR count). The fourth-order valence-electron chi connectivity index (χ4n) is 3.87. The van der Waals surface area contributed by atoms with E-state index in [-0.39, 0.29) is 22.7 Å². The van der Waals surface area contributed by atoms with Crippen molar-refractivity contribution >= 4 is 17.3 Å². The van der Waals surface area contributed by atoms with Crippen molar-refractivity contribution in [2.24, 2.45) is 0 Å². The van der Waals surface area contributed by atoms with Gasteiger partial charge in [0.05, 0.1) is 4.92 Å². The van der Waals surface area contributed by atoms with Crippen LogP contribution in [0.1, 0.15) is 36.0 Å². The Morgan fingerprint density at radius 3 is 2.56 bits per heavy atom. The number of anilines is 1. The summed E-state index contributed by atoms with van der Waals surface area (Å²) >= 11 is 0. The van der Waals surface area contributed by atoms with Gasteiger partial charge >= 0.3 is 0 Å². The second-order valence-electron chi connectivity index (χ2n) is 7.57. The van der Waals surface area contributed by atoms with E-state index >= 15 is 0 Å². The smallest absolute Gasteiger partial charge is 0.282 e. The molecule has 1 aromatic carbocycles. The summed E-state index contributed by atoms with van der Waals surface area (Å²) in [5.41, 5.74) is 0.735. The summed E-state index contributed by atoms with van der Waals surface area (Å²) < 4.78 is 5.50. The lowest BCUT2D eigenvalue weighted by atomic mass is 9.88. The van der Waals surface area contributed by atoms with Crippen LogP contribution in [0.2, 0.25) is 0 Å². The van der Waals surface area contributed by atoms with Crippen LogP contribution < -0.4 is 5.32 Å². The minimum absolute atomic E-state index is 0.0286. The number of likely N-dealkylation sites (N-methyl/N-ethyl adjacent to an activating group) is 1. The standard InChI is InChI=1S/C19H28N4O4/c1-21(2)19(7-11-27-12-8-19)14-20-15-5-6-17(23(25)26)16(13-15)18(24)22-9-3-4-10-22/h5-6,13,20H,3-4,7-12,14H2,1-2H3. The van der Waals surface area contributed by atoms with Crippen LogP contribution in [0.5, 0.6) is 0 Å². The molecular formula is C19H28N4O4. The number of nitrogens with one attached hydrogen (secondary N) is 1. The van der Waals surface area contributed by atoms with Gasteiger partial charge in [-0.25, -0.2) is 0 Å². The van der Waals surface area contributed by atoms with Crippen LogP contribution in [0.4, 0.5) is 11.4 Å². The molecule has 0 bridgehead atoms. The van der Waals surface area contributed by atoms with Crippen molar-refractivity contribution < 1.29 is 14.5 Å². The molecule has 0 spiro atoms. The largest absolute Gasteiger partial charge is 0.383 e. The number of hydrogen-bond donors (Lipinski definition) is 1. The maximum atomic E-state index is 12.8. The minimum atomic E-state index is -0.479. The Kier molecular flexibility index (Phi) is 5.96. The molecule has 2 aliphatic rings. The molecule has 2 fully saturated rings. The zero-order chi connectivity index (χ0) is 19.4. The first kappa shape index (κ1) is 19.6. The van der Waals surface area contributed by atoms with Gasteiger partial charge in [0.2, 0.25) is 0 Å². The number of carbonyl (C=O) groups is 1. The third-order valence-corrected chi connectivity index (χ3v) is 5.81. The highest BCUT2D eigenvalue weighted by molar-refractivity contribution is 5.99. The molecule has 1 aromatic rings. The Bertz CT molecular complexity index is 695. The van der Waals surface area contributed by atoms with E-state index in [0.29, 0.717) is 19.6 Å². The summed E-state index contributed by atoms with van der Waals surface area (Å²) in [4.78, 5) is 27.6. The first-order valence-electron chi connectivity index (χ1n) is 9.50. The summed E-state index contributed by atoms with van der Waals surface area (Å²) in [7, 11) is 4.12. The van der Waals surface area contributed by atoms with E-state index in [1.165, 1.54) is 6.07 Å². The van der Waals surface area contributed by atoms with Crippen LogP contribution in [0.15, 0.2) is 18.2 Å². The maximum absolute atomic E-state index is 12.8. The highest BCUT2D eigenvalue weighted by Gasteiger charge is 2.35. The molecule has 8 nitrogen and oxygen atoms in total. The van der Waals surface area contributed by atoms with Crippen molar-refractivity contribution in [2.75, 3.05) is 52.3 Å². The number of hydrogen-bond acceptors (Lipinski definition) is 6. The number of likely N-dealkylation sites (tertiary alicyclic amines) is 1. The van der Waals surface area contributed by atoms with E-state index in [2.05, 4.69) is 24.3 Å². The van der Waals surface area contributed by atoms with E-state index in [4.69, 9.17) is 4.74 Å². The third kappa shape index (κ3) is 4.22. The van der Waals surface area contributed by atoms with Gasteiger partial charge in [-0.1, -0.05) is 0 Å². The molecule has 1 amide bonds. The Balaban J connectivity index is 1.80. The average molecular weight is 376 g/mol. The summed E-state index contributed by atoms with van der Waals surface area (Å²) in [5.74, 6) is -0.253.